The highest BCUT2D eigenvalue weighted by atomic mass is 35.5. The third kappa shape index (κ3) is 2.57. The Kier molecular flexibility index (Phi) is 3.73. The Morgan fingerprint density at radius 3 is 2.94 bits per heavy atom. The molecule has 1 heterocycles. The number of nitrogens with zero attached hydrogens (tertiary/aromatic N) is 3. The number of para-hydroxylation sites is 1. The Balaban J connectivity index is 2.22. The number of aryl methyl sites for hydroxylation is 1. The summed E-state index contributed by atoms with van der Waals surface area (Å²) < 4.78 is 9.46. The number of halogens is 1. The molecule has 0 atom stereocenters. The van der Waals surface area contributed by atoms with Crippen molar-refractivity contribution in [3.8, 4) is 5.75 Å². The van der Waals surface area contributed by atoms with Gasteiger partial charge in [-0.2, -0.15) is 0 Å². The molecule has 0 aliphatic carbocycles. The molecule has 6 nitrogen and oxygen atoms in total. The minimum absolute atomic E-state index is 0.0446. The van der Waals surface area contributed by atoms with E-state index >= 15 is 0 Å². The fraction of sp³-hybridized carbons (Fsp3) is 0.200. The lowest BCUT2D eigenvalue weighted by atomic mass is 10.2. The maximum atomic E-state index is 10.9. The van der Waals surface area contributed by atoms with Gasteiger partial charge in [0.05, 0.1) is 4.92 Å². The smallest absolute Gasteiger partial charge is 0.313 e. The largest absolute Gasteiger partial charge is 0.480 e. The van der Waals surface area contributed by atoms with Crippen molar-refractivity contribution in [1.82, 2.24) is 9.59 Å². The standard InChI is InChI=1S/C10H8ClN3O3S/c1-6-3-2-4-8(9(6)14(15)16)17-5-7-10(11)18-13-12-7/h2-4H,5H2,1H3. The van der Waals surface area contributed by atoms with Crippen LogP contribution >= 0.6 is 23.1 Å². The van der Waals surface area contributed by atoms with Gasteiger partial charge in [0, 0.05) is 17.1 Å². The Morgan fingerprint density at radius 1 is 1.56 bits per heavy atom. The zero-order valence-electron chi connectivity index (χ0n) is 9.29. The van der Waals surface area contributed by atoms with Gasteiger partial charge in [0.1, 0.15) is 16.6 Å². The lowest BCUT2D eigenvalue weighted by Gasteiger charge is -2.06. The van der Waals surface area contributed by atoms with Gasteiger partial charge in [0.2, 0.25) is 0 Å². The van der Waals surface area contributed by atoms with Crippen LogP contribution in [0.1, 0.15) is 11.3 Å². The maximum absolute atomic E-state index is 10.9. The van der Waals surface area contributed by atoms with Crippen LogP contribution in [0.3, 0.4) is 0 Å². The predicted octanol–water partition coefficient (Wildman–Crippen LogP) is 2.99. The average molecular weight is 286 g/mol. The van der Waals surface area contributed by atoms with E-state index in [2.05, 4.69) is 9.59 Å². The molecule has 1 aromatic carbocycles. The zero-order chi connectivity index (χ0) is 13.1. The molecule has 94 valence electrons. The minimum Gasteiger partial charge on any atom is -0.480 e. The molecule has 0 unspecified atom stereocenters. The molecule has 0 bridgehead atoms. The van der Waals surface area contributed by atoms with E-state index in [0.717, 1.165) is 11.5 Å². The van der Waals surface area contributed by atoms with Gasteiger partial charge in [-0.05, 0) is 13.0 Å². The fourth-order valence-electron chi connectivity index (χ4n) is 1.41. The first kappa shape index (κ1) is 12.7. The number of rotatable bonds is 4. The molecule has 0 saturated heterocycles. The monoisotopic (exact) mass is 285 g/mol. The van der Waals surface area contributed by atoms with Crippen LogP contribution in [-0.4, -0.2) is 14.5 Å². The molecular weight excluding hydrogens is 278 g/mol. The first-order valence-electron chi connectivity index (χ1n) is 4.93. The summed E-state index contributed by atoms with van der Waals surface area (Å²) in [5.74, 6) is 0.198. The van der Waals surface area contributed by atoms with E-state index in [0.29, 0.717) is 15.6 Å². The van der Waals surface area contributed by atoms with Crippen LogP contribution in [0.15, 0.2) is 18.2 Å². The summed E-state index contributed by atoms with van der Waals surface area (Å²) in [6.45, 7) is 1.71. The van der Waals surface area contributed by atoms with Gasteiger partial charge in [-0.15, -0.1) is 5.10 Å². The molecule has 0 saturated carbocycles. The van der Waals surface area contributed by atoms with Crippen LogP contribution < -0.4 is 4.74 Å². The molecule has 8 heteroatoms. The molecule has 2 aromatic rings. The van der Waals surface area contributed by atoms with Crippen LogP contribution in [0.25, 0.3) is 0 Å². The molecule has 0 aliphatic heterocycles. The van der Waals surface area contributed by atoms with Crippen LogP contribution in [0.4, 0.5) is 5.69 Å². The van der Waals surface area contributed by atoms with Crippen molar-refractivity contribution in [3.05, 3.63) is 43.9 Å². The number of nitro benzene ring substituents is 1. The summed E-state index contributed by atoms with van der Waals surface area (Å²) in [6, 6.07) is 4.89. The molecule has 0 spiro atoms. The van der Waals surface area contributed by atoms with E-state index in [1.165, 1.54) is 0 Å². The summed E-state index contributed by atoms with van der Waals surface area (Å²) >= 11 is 6.86. The molecule has 0 radical (unpaired) electrons. The molecule has 0 amide bonds. The second-order valence-electron chi connectivity index (χ2n) is 3.46. The minimum atomic E-state index is -0.467. The van der Waals surface area contributed by atoms with E-state index in [1.54, 1.807) is 25.1 Å². The van der Waals surface area contributed by atoms with Gasteiger partial charge in [0.25, 0.3) is 0 Å². The molecular formula is C10H8ClN3O3S. The van der Waals surface area contributed by atoms with E-state index in [4.69, 9.17) is 16.3 Å². The number of nitro groups is 1. The lowest BCUT2D eigenvalue weighted by molar-refractivity contribution is -0.386. The summed E-state index contributed by atoms with van der Waals surface area (Å²) in [5.41, 5.74) is 0.967. The van der Waals surface area contributed by atoms with Gasteiger partial charge in [-0.25, -0.2) is 0 Å². The van der Waals surface area contributed by atoms with Gasteiger partial charge in [0.15, 0.2) is 5.75 Å². The van der Waals surface area contributed by atoms with Crippen molar-refractivity contribution in [3.63, 3.8) is 0 Å². The Bertz CT molecular complexity index is 587. The maximum Gasteiger partial charge on any atom is 0.313 e. The van der Waals surface area contributed by atoms with Gasteiger partial charge in [-0.3, -0.25) is 10.1 Å². The van der Waals surface area contributed by atoms with Gasteiger partial charge in [-0.1, -0.05) is 28.2 Å². The molecule has 0 aliphatic rings. The van der Waals surface area contributed by atoms with Crippen molar-refractivity contribution >= 4 is 28.8 Å². The average Bonchev–Trinajstić information content (AvgIpc) is 2.71. The molecule has 1 aromatic heterocycles. The van der Waals surface area contributed by atoms with Crippen molar-refractivity contribution in [1.29, 1.82) is 0 Å². The van der Waals surface area contributed by atoms with Crippen molar-refractivity contribution in [2.24, 2.45) is 0 Å². The second-order valence-corrected chi connectivity index (χ2v) is 4.82. The van der Waals surface area contributed by atoms with Crippen molar-refractivity contribution < 1.29 is 9.66 Å². The number of benzene rings is 1. The lowest BCUT2D eigenvalue weighted by Crippen LogP contribution is -2.01. The molecule has 18 heavy (non-hydrogen) atoms. The van der Waals surface area contributed by atoms with E-state index < -0.39 is 4.92 Å². The number of ether oxygens (including phenoxy) is 1. The second kappa shape index (κ2) is 5.28. The zero-order valence-corrected chi connectivity index (χ0v) is 10.9. The number of hydrogen-bond acceptors (Lipinski definition) is 6. The highest BCUT2D eigenvalue weighted by Crippen LogP contribution is 2.31. The first-order chi connectivity index (χ1) is 8.59. The van der Waals surface area contributed by atoms with Crippen molar-refractivity contribution in [2.45, 2.75) is 13.5 Å². The Morgan fingerprint density at radius 2 is 2.33 bits per heavy atom. The van der Waals surface area contributed by atoms with E-state index in [1.807, 2.05) is 0 Å². The summed E-state index contributed by atoms with van der Waals surface area (Å²) in [6.07, 6.45) is 0. The van der Waals surface area contributed by atoms with Crippen LogP contribution in [0, 0.1) is 17.0 Å². The SMILES string of the molecule is Cc1cccc(OCc2nnsc2Cl)c1[N+](=O)[O-]. The van der Waals surface area contributed by atoms with Gasteiger partial charge >= 0.3 is 5.69 Å². The normalized spacial score (nSPS) is 10.3. The third-order valence-corrected chi connectivity index (χ3v) is 3.24. The highest BCUT2D eigenvalue weighted by molar-refractivity contribution is 7.10. The highest BCUT2D eigenvalue weighted by Gasteiger charge is 2.18. The van der Waals surface area contributed by atoms with E-state index in [-0.39, 0.29) is 18.0 Å². The fourth-order valence-corrected chi connectivity index (χ4v) is 2.01. The summed E-state index contributed by atoms with van der Waals surface area (Å²) in [5, 5.41) is 14.7. The Labute approximate surface area is 111 Å². The van der Waals surface area contributed by atoms with Crippen LogP contribution in [-0.2, 0) is 6.61 Å². The molecule has 2 rings (SSSR count). The summed E-state index contributed by atoms with van der Waals surface area (Å²) in [4.78, 5) is 10.5. The van der Waals surface area contributed by atoms with Crippen LogP contribution in [0.2, 0.25) is 4.34 Å². The van der Waals surface area contributed by atoms with Crippen molar-refractivity contribution in [2.75, 3.05) is 0 Å². The Hall–Kier alpha value is -1.73. The predicted molar refractivity (Wildman–Crippen MR) is 67.1 cm³/mol. The van der Waals surface area contributed by atoms with Gasteiger partial charge < -0.3 is 4.74 Å². The third-order valence-electron chi connectivity index (χ3n) is 2.26. The van der Waals surface area contributed by atoms with Crippen LogP contribution in [0.5, 0.6) is 5.75 Å². The molecule has 0 N–H and O–H groups in total. The number of aromatic nitrogens is 2. The van der Waals surface area contributed by atoms with E-state index in [9.17, 15) is 10.1 Å². The quantitative estimate of drug-likeness (QED) is 0.637. The number of hydrogen-bond donors (Lipinski definition) is 0. The summed E-state index contributed by atoms with van der Waals surface area (Å²) in [7, 11) is 0. The first-order valence-corrected chi connectivity index (χ1v) is 6.08. The topological polar surface area (TPSA) is 78.2 Å². The molecule has 0 fully saturated rings.